The summed E-state index contributed by atoms with van der Waals surface area (Å²) in [5, 5.41) is 0. The average Bonchev–Trinajstić information content (AvgIpc) is 2.67. The van der Waals surface area contributed by atoms with Crippen molar-refractivity contribution < 1.29 is 13.2 Å². The molecule has 3 rings (SSSR count). The van der Waals surface area contributed by atoms with Crippen LogP contribution in [-0.4, -0.2) is 63.6 Å². The van der Waals surface area contributed by atoms with E-state index in [1.54, 1.807) is 24.3 Å². The number of rotatable bonds is 5. The molecule has 6 nitrogen and oxygen atoms in total. The summed E-state index contributed by atoms with van der Waals surface area (Å²) in [6.45, 7) is 5.39. The predicted molar refractivity (Wildman–Crippen MR) is 112 cm³/mol. The van der Waals surface area contributed by atoms with E-state index in [1.807, 2.05) is 43.1 Å². The van der Waals surface area contributed by atoms with Crippen molar-refractivity contribution in [3.8, 4) is 0 Å². The first kappa shape index (κ1) is 20.4. The molecule has 0 unspecified atom stereocenters. The van der Waals surface area contributed by atoms with E-state index in [4.69, 9.17) is 0 Å². The van der Waals surface area contributed by atoms with Crippen LogP contribution in [0.1, 0.15) is 21.5 Å². The summed E-state index contributed by atoms with van der Waals surface area (Å²) in [5.74, 6) is -0.0101. The Kier molecular flexibility index (Phi) is 6.05. The minimum Gasteiger partial charge on any atom is -0.336 e. The first-order valence-electron chi connectivity index (χ1n) is 9.35. The van der Waals surface area contributed by atoms with E-state index in [-0.39, 0.29) is 12.5 Å². The number of piperazine rings is 1. The molecular formula is C21H27N3O3S. The number of benzene rings is 2. The number of anilines is 1. The molecule has 1 amide bonds. The number of hydrogen-bond acceptors (Lipinski definition) is 4. The lowest BCUT2D eigenvalue weighted by molar-refractivity contribution is 0.0664. The Hall–Kier alpha value is -2.38. The molecule has 1 aliphatic heterocycles. The van der Waals surface area contributed by atoms with Gasteiger partial charge in [-0.3, -0.25) is 9.10 Å². The average molecular weight is 402 g/mol. The number of sulfonamides is 1. The standard InChI is InChI=1S/C21H27N3O3S/c1-17-4-6-18(7-5-17)16-24(28(3,26)27)20-10-8-19(9-11-20)21(25)23-14-12-22(2)13-15-23/h4-11H,12-16H2,1-3H3. The van der Waals surface area contributed by atoms with Crippen LogP contribution < -0.4 is 4.31 Å². The predicted octanol–water partition coefficient (Wildman–Crippen LogP) is 2.35. The van der Waals surface area contributed by atoms with Crippen LogP contribution in [0.5, 0.6) is 0 Å². The van der Waals surface area contributed by atoms with Crippen molar-refractivity contribution in [1.29, 1.82) is 0 Å². The molecular weight excluding hydrogens is 374 g/mol. The molecule has 0 atom stereocenters. The molecule has 1 aliphatic rings. The Morgan fingerprint density at radius 1 is 0.964 bits per heavy atom. The largest absolute Gasteiger partial charge is 0.336 e. The Balaban J connectivity index is 1.78. The van der Waals surface area contributed by atoms with Crippen molar-refractivity contribution in [1.82, 2.24) is 9.80 Å². The first-order chi connectivity index (χ1) is 13.2. The van der Waals surface area contributed by atoms with E-state index in [9.17, 15) is 13.2 Å². The SMILES string of the molecule is Cc1ccc(CN(c2ccc(C(=O)N3CCN(C)CC3)cc2)S(C)(=O)=O)cc1. The third-order valence-corrected chi connectivity index (χ3v) is 6.18. The number of nitrogens with zero attached hydrogens (tertiary/aromatic N) is 3. The Bertz CT molecular complexity index is 916. The molecule has 0 saturated carbocycles. The van der Waals surface area contributed by atoms with E-state index in [0.29, 0.717) is 24.3 Å². The fourth-order valence-corrected chi connectivity index (χ4v) is 4.11. The zero-order valence-corrected chi connectivity index (χ0v) is 17.4. The van der Waals surface area contributed by atoms with Gasteiger partial charge < -0.3 is 9.80 Å². The van der Waals surface area contributed by atoms with Crippen molar-refractivity contribution >= 4 is 21.6 Å². The van der Waals surface area contributed by atoms with Crippen molar-refractivity contribution in [2.45, 2.75) is 13.5 Å². The molecule has 0 aliphatic carbocycles. The van der Waals surface area contributed by atoms with Crippen LogP contribution in [-0.2, 0) is 16.6 Å². The van der Waals surface area contributed by atoms with Gasteiger partial charge >= 0.3 is 0 Å². The second kappa shape index (κ2) is 8.32. The normalized spacial score (nSPS) is 15.5. The fraction of sp³-hybridized carbons (Fsp3) is 0.381. The first-order valence-corrected chi connectivity index (χ1v) is 11.2. The molecule has 0 aromatic heterocycles. The van der Waals surface area contributed by atoms with Crippen LogP contribution in [0.25, 0.3) is 0 Å². The smallest absolute Gasteiger partial charge is 0.253 e. The maximum absolute atomic E-state index is 12.7. The summed E-state index contributed by atoms with van der Waals surface area (Å²) in [6, 6.07) is 14.6. The maximum atomic E-state index is 12.7. The van der Waals surface area contributed by atoms with Crippen LogP contribution in [0.4, 0.5) is 5.69 Å². The van der Waals surface area contributed by atoms with Crippen LogP contribution in [0.3, 0.4) is 0 Å². The van der Waals surface area contributed by atoms with Gasteiger partial charge in [0.15, 0.2) is 0 Å². The zero-order valence-electron chi connectivity index (χ0n) is 16.6. The lowest BCUT2D eigenvalue weighted by atomic mass is 10.1. The van der Waals surface area contributed by atoms with Gasteiger partial charge in [-0.25, -0.2) is 8.42 Å². The van der Waals surface area contributed by atoms with E-state index in [2.05, 4.69) is 4.90 Å². The van der Waals surface area contributed by atoms with Crippen LogP contribution in [0, 0.1) is 6.92 Å². The summed E-state index contributed by atoms with van der Waals surface area (Å²) in [6.07, 6.45) is 1.20. The summed E-state index contributed by atoms with van der Waals surface area (Å²) < 4.78 is 26.1. The molecule has 1 heterocycles. The van der Waals surface area contributed by atoms with Crippen LogP contribution >= 0.6 is 0 Å². The number of carbonyl (C=O) groups is 1. The summed E-state index contributed by atoms with van der Waals surface area (Å²) in [4.78, 5) is 16.7. The number of amides is 1. The summed E-state index contributed by atoms with van der Waals surface area (Å²) in [7, 11) is -1.41. The minimum absolute atomic E-state index is 0.0101. The molecule has 2 aromatic rings. The number of carbonyl (C=O) groups excluding carboxylic acids is 1. The molecule has 0 spiro atoms. The highest BCUT2D eigenvalue weighted by Crippen LogP contribution is 2.22. The monoisotopic (exact) mass is 401 g/mol. The van der Waals surface area contributed by atoms with Crippen molar-refractivity contribution in [2.75, 3.05) is 43.8 Å². The van der Waals surface area contributed by atoms with Gasteiger partial charge in [0.25, 0.3) is 5.91 Å². The van der Waals surface area contributed by atoms with E-state index in [0.717, 1.165) is 24.2 Å². The molecule has 7 heteroatoms. The second-order valence-corrected chi connectivity index (χ2v) is 9.30. The molecule has 0 radical (unpaired) electrons. The van der Waals surface area contributed by atoms with Crippen molar-refractivity contribution in [2.24, 2.45) is 0 Å². The lowest BCUT2D eigenvalue weighted by Gasteiger charge is -2.32. The Morgan fingerprint density at radius 3 is 2.07 bits per heavy atom. The van der Waals surface area contributed by atoms with Gasteiger partial charge in [-0.1, -0.05) is 29.8 Å². The second-order valence-electron chi connectivity index (χ2n) is 7.40. The minimum atomic E-state index is -3.45. The summed E-state index contributed by atoms with van der Waals surface area (Å²) in [5.41, 5.74) is 3.17. The van der Waals surface area contributed by atoms with E-state index in [1.165, 1.54) is 10.6 Å². The van der Waals surface area contributed by atoms with Gasteiger partial charge in [-0.05, 0) is 43.8 Å². The topological polar surface area (TPSA) is 60.9 Å². The fourth-order valence-electron chi connectivity index (χ4n) is 3.22. The van der Waals surface area contributed by atoms with Crippen molar-refractivity contribution in [3.05, 3.63) is 65.2 Å². The number of likely N-dealkylation sites (N-methyl/N-ethyl adjacent to an activating group) is 1. The van der Waals surface area contributed by atoms with E-state index >= 15 is 0 Å². The highest BCUT2D eigenvalue weighted by molar-refractivity contribution is 7.92. The molecule has 0 bridgehead atoms. The number of aryl methyl sites for hydroxylation is 1. The third kappa shape index (κ3) is 4.91. The van der Waals surface area contributed by atoms with Gasteiger partial charge in [-0.15, -0.1) is 0 Å². The Morgan fingerprint density at radius 2 is 1.54 bits per heavy atom. The Labute approximate surface area is 167 Å². The quantitative estimate of drug-likeness (QED) is 0.772. The van der Waals surface area contributed by atoms with Crippen molar-refractivity contribution in [3.63, 3.8) is 0 Å². The molecule has 1 saturated heterocycles. The lowest BCUT2D eigenvalue weighted by Crippen LogP contribution is -2.47. The summed E-state index contributed by atoms with van der Waals surface area (Å²) >= 11 is 0. The van der Waals surface area contributed by atoms with Crippen LogP contribution in [0.2, 0.25) is 0 Å². The van der Waals surface area contributed by atoms with Gasteiger partial charge in [0.05, 0.1) is 18.5 Å². The van der Waals surface area contributed by atoms with Gasteiger partial charge in [0.1, 0.15) is 0 Å². The van der Waals surface area contributed by atoms with Gasteiger partial charge in [-0.2, -0.15) is 0 Å². The van der Waals surface area contributed by atoms with E-state index < -0.39 is 10.0 Å². The zero-order chi connectivity index (χ0) is 20.3. The molecule has 150 valence electrons. The highest BCUT2D eigenvalue weighted by Gasteiger charge is 2.22. The molecule has 1 fully saturated rings. The molecule has 28 heavy (non-hydrogen) atoms. The third-order valence-electron chi connectivity index (χ3n) is 5.04. The number of hydrogen-bond donors (Lipinski definition) is 0. The molecule has 2 aromatic carbocycles. The van der Waals surface area contributed by atoms with Gasteiger partial charge in [0.2, 0.25) is 10.0 Å². The van der Waals surface area contributed by atoms with Gasteiger partial charge in [0, 0.05) is 31.7 Å². The maximum Gasteiger partial charge on any atom is 0.253 e. The van der Waals surface area contributed by atoms with Crippen LogP contribution in [0.15, 0.2) is 48.5 Å². The highest BCUT2D eigenvalue weighted by atomic mass is 32.2. The molecule has 0 N–H and O–H groups in total.